The molecular formula is C23H15Cl2FN2O3S2. The Labute approximate surface area is 203 Å². The fourth-order valence-corrected chi connectivity index (χ4v) is 5.23. The highest BCUT2D eigenvalue weighted by Gasteiger charge is 2.18. The first-order chi connectivity index (χ1) is 15.6. The number of thiazole rings is 1. The van der Waals surface area contributed by atoms with Crippen LogP contribution in [-0.4, -0.2) is 25.6 Å². The van der Waals surface area contributed by atoms with Crippen molar-refractivity contribution < 1.29 is 17.6 Å². The molecule has 1 amide bonds. The van der Waals surface area contributed by atoms with Gasteiger partial charge in [-0.3, -0.25) is 10.1 Å². The smallest absolute Gasteiger partial charge is 0.257 e. The predicted molar refractivity (Wildman–Crippen MR) is 130 cm³/mol. The highest BCUT2D eigenvalue weighted by atomic mass is 35.5. The second-order valence-corrected chi connectivity index (χ2v) is 11.0. The first-order valence-corrected chi connectivity index (χ1v) is 12.9. The zero-order chi connectivity index (χ0) is 23.8. The van der Waals surface area contributed by atoms with Crippen LogP contribution < -0.4 is 5.32 Å². The minimum Gasteiger partial charge on any atom is -0.298 e. The van der Waals surface area contributed by atoms with Gasteiger partial charge in [0.25, 0.3) is 5.91 Å². The second-order valence-electron chi connectivity index (χ2n) is 7.11. The Hall–Kier alpha value is -2.78. The molecule has 3 aromatic carbocycles. The van der Waals surface area contributed by atoms with Crippen LogP contribution in [0.1, 0.15) is 10.4 Å². The van der Waals surface area contributed by atoms with Gasteiger partial charge in [-0.15, -0.1) is 0 Å². The average molecular weight is 521 g/mol. The number of benzene rings is 3. The lowest BCUT2D eigenvalue weighted by Crippen LogP contribution is -2.11. The molecule has 0 atom stereocenters. The molecule has 168 valence electrons. The number of aromatic nitrogens is 1. The van der Waals surface area contributed by atoms with Gasteiger partial charge in [0.2, 0.25) is 0 Å². The summed E-state index contributed by atoms with van der Waals surface area (Å²) in [5.41, 5.74) is 2.13. The van der Waals surface area contributed by atoms with Crippen molar-refractivity contribution in [1.82, 2.24) is 4.98 Å². The van der Waals surface area contributed by atoms with Gasteiger partial charge >= 0.3 is 0 Å². The number of nitrogens with zero attached hydrogens (tertiary/aromatic N) is 1. The van der Waals surface area contributed by atoms with Crippen molar-refractivity contribution in [3.63, 3.8) is 0 Å². The number of halogens is 3. The third kappa shape index (κ3) is 5.42. The number of anilines is 1. The minimum absolute atomic E-state index is 0.177. The molecule has 0 saturated carbocycles. The molecule has 0 saturated heterocycles. The summed E-state index contributed by atoms with van der Waals surface area (Å²) < 4.78 is 37.1. The van der Waals surface area contributed by atoms with E-state index in [1.807, 2.05) is 0 Å². The largest absolute Gasteiger partial charge is 0.298 e. The standard InChI is InChI=1S/C23H15Cl2FN2O3S2/c1-33(30,31)19-8-4-13(5-9-19)20-21(14-2-6-18(26)7-3-14)32-23(27-20)28-22(29)15-10-16(24)12-17(25)11-15/h2-12H,1H3,(H,27,28,29). The molecule has 1 aromatic heterocycles. The van der Waals surface area contributed by atoms with Crippen molar-refractivity contribution >= 4 is 55.4 Å². The van der Waals surface area contributed by atoms with Gasteiger partial charge in [0, 0.05) is 27.4 Å². The number of hydrogen-bond acceptors (Lipinski definition) is 5. The van der Waals surface area contributed by atoms with Crippen LogP contribution in [0.3, 0.4) is 0 Å². The van der Waals surface area contributed by atoms with E-state index < -0.39 is 15.7 Å². The van der Waals surface area contributed by atoms with Crippen LogP contribution in [0.25, 0.3) is 21.7 Å². The first-order valence-electron chi connectivity index (χ1n) is 9.45. The number of hydrogen-bond donors (Lipinski definition) is 1. The number of rotatable bonds is 5. The van der Waals surface area contributed by atoms with Gasteiger partial charge in [-0.25, -0.2) is 17.8 Å². The highest BCUT2D eigenvalue weighted by Crippen LogP contribution is 2.39. The monoisotopic (exact) mass is 520 g/mol. The van der Waals surface area contributed by atoms with Crippen LogP contribution in [0.5, 0.6) is 0 Å². The van der Waals surface area contributed by atoms with Gasteiger partial charge in [-0.05, 0) is 48.0 Å². The Morgan fingerprint density at radius 3 is 2.09 bits per heavy atom. The van der Waals surface area contributed by atoms with E-state index in [9.17, 15) is 17.6 Å². The molecular weight excluding hydrogens is 506 g/mol. The quantitative estimate of drug-likeness (QED) is 0.322. The Morgan fingerprint density at radius 1 is 0.939 bits per heavy atom. The zero-order valence-electron chi connectivity index (χ0n) is 17.0. The fourth-order valence-electron chi connectivity index (χ4n) is 3.08. The molecule has 0 aliphatic heterocycles. The van der Waals surface area contributed by atoms with Crippen molar-refractivity contribution in [3.8, 4) is 21.7 Å². The van der Waals surface area contributed by atoms with Crippen LogP contribution >= 0.6 is 34.5 Å². The summed E-state index contributed by atoms with van der Waals surface area (Å²) in [6, 6.07) is 16.6. The third-order valence-electron chi connectivity index (χ3n) is 4.63. The van der Waals surface area contributed by atoms with E-state index >= 15 is 0 Å². The van der Waals surface area contributed by atoms with Gasteiger partial charge in [-0.2, -0.15) is 0 Å². The molecule has 0 aliphatic carbocycles. The summed E-state index contributed by atoms with van der Waals surface area (Å²) in [5, 5.41) is 3.69. The SMILES string of the molecule is CS(=O)(=O)c1ccc(-c2nc(NC(=O)c3cc(Cl)cc(Cl)c3)sc2-c2ccc(F)cc2)cc1. The molecule has 0 unspecified atom stereocenters. The van der Waals surface area contributed by atoms with Crippen molar-refractivity contribution in [1.29, 1.82) is 0 Å². The van der Waals surface area contributed by atoms with Crippen molar-refractivity contribution in [2.45, 2.75) is 4.90 Å². The Balaban J connectivity index is 1.75. The minimum atomic E-state index is -3.36. The lowest BCUT2D eigenvalue weighted by Gasteiger charge is -2.04. The molecule has 10 heteroatoms. The van der Waals surface area contributed by atoms with Crippen LogP contribution in [0.2, 0.25) is 10.0 Å². The van der Waals surface area contributed by atoms with E-state index in [4.69, 9.17) is 23.2 Å². The number of amides is 1. The molecule has 0 fully saturated rings. The summed E-state index contributed by atoms with van der Waals surface area (Å²) in [4.78, 5) is 18.2. The average Bonchev–Trinajstić information content (AvgIpc) is 3.16. The normalized spacial score (nSPS) is 11.4. The van der Waals surface area contributed by atoms with Crippen LogP contribution in [0.4, 0.5) is 9.52 Å². The molecule has 5 nitrogen and oxygen atoms in total. The fraction of sp³-hybridized carbons (Fsp3) is 0.0435. The summed E-state index contributed by atoms with van der Waals surface area (Å²) in [6.07, 6.45) is 1.13. The Morgan fingerprint density at radius 2 is 1.52 bits per heavy atom. The van der Waals surface area contributed by atoms with Crippen LogP contribution in [0.15, 0.2) is 71.6 Å². The zero-order valence-corrected chi connectivity index (χ0v) is 20.1. The number of carbonyl (C=O) groups excluding carboxylic acids is 1. The van der Waals surface area contributed by atoms with Crippen LogP contribution in [0, 0.1) is 5.82 Å². The lowest BCUT2D eigenvalue weighted by molar-refractivity contribution is 0.102. The van der Waals surface area contributed by atoms with E-state index in [1.165, 1.54) is 53.8 Å². The van der Waals surface area contributed by atoms with E-state index in [1.54, 1.807) is 24.3 Å². The van der Waals surface area contributed by atoms with Crippen LogP contribution in [-0.2, 0) is 9.84 Å². The summed E-state index contributed by atoms with van der Waals surface area (Å²) >= 11 is 13.2. The van der Waals surface area contributed by atoms with Gasteiger partial charge in [0.1, 0.15) is 5.82 Å². The Kier molecular flexibility index (Phi) is 6.54. The molecule has 0 radical (unpaired) electrons. The van der Waals surface area contributed by atoms with E-state index in [0.717, 1.165) is 6.26 Å². The maximum atomic E-state index is 13.5. The molecule has 0 spiro atoms. The summed E-state index contributed by atoms with van der Waals surface area (Å²) in [5.74, 6) is -0.827. The highest BCUT2D eigenvalue weighted by molar-refractivity contribution is 7.90. The molecule has 4 rings (SSSR count). The van der Waals surface area contributed by atoms with Gasteiger partial charge in [0.05, 0.1) is 15.5 Å². The molecule has 0 bridgehead atoms. The van der Waals surface area contributed by atoms with Crippen molar-refractivity contribution in [3.05, 3.63) is 88.2 Å². The molecule has 0 aliphatic rings. The maximum absolute atomic E-state index is 13.5. The Bertz CT molecular complexity index is 1430. The second kappa shape index (κ2) is 9.23. The van der Waals surface area contributed by atoms with Crippen molar-refractivity contribution in [2.24, 2.45) is 0 Å². The first kappa shape index (κ1) is 23.4. The lowest BCUT2D eigenvalue weighted by atomic mass is 10.1. The third-order valence-corrected chi connectivity index (χ3v) is 7.22. The summed E-state index contributed by atoms with van der Waals surface area (Å²) in [7, 11) is -3.36. The topological polar surface area (TPSA) is 76.1 Å². The van der Waals surface area contributed by atoms with Gasteiger partial charge < -0.3 is 0 Å². The van der Waals surface area contributed by atoms with E-state index in [-0.39, 0.29) is 16.3 Å². The van der Waals surface area contributed by atoms with E-state index in [0.29, 0.717) is 36.9 Å². The predicted octanol–water partition coefficient (Wildman–Crippen LogP) is 6.58. The molecule has 33 heavy (non-hydrogen) atoms. The molecule has 1 N–H and O–H groups in total. The number of carbonyl (C=O) groups is 1. The summed E-state index contributed by atoms with van der Waals surface area (Å²) in [6.45, 7) is 0. The molecule has 1 heterocycles. The maximum Gasteiger partial charge on any atom is 0.257 e. The van der Waals surface area contributed by atoms with Gasteiger partial charge in [0.15, 0.2) is 15.0 Å². The number of nitrogens with one attached hydrogen (secondary N) is 1. The number of sulfone groups is 1. The van der Waals surface area contributed by atoms with Crippen molar-refractivity contribution in [2.75, 3.05) is 11.6 Å². The molecule has 4 aromatic rings. The van der Waals surface area contributed by atoms with E-state index in [2.05, 4.69) is 10.3 Å². The van der Waals surface area contributed by atoms with Gasteiger partial charge in [-0.1, -0.05) is 58.8 Å².